The minimum atomic E-state index is -0.809. The second-order valence-corrected chi connectivity index (χ2v) is 7.78. The molecule has 2 rings (SSSR count). The van der Waals surface area contributed by atoms with Crippen molar-refractivity contribution in [3.63, 3.8) is 0 Å². The van der Waals surface area contributed by atoms with Crippen molar-refractivity contribution in [2.75, 3.05) is 6.61 Å². The van der Waals surface area contributed by atoms with Crippen molar-refractivity contribution in [3.8, 4) is 5.75 Å². The molecule has 0 aliphatic rings. The molecule has 0 fully saturated rings. The zero-order valence-electron chi connectivity index (χ0n) is 17.0. The molecule has 0 aromatic heterocycles. The van der Waals surface area contributed by atoms with Crippen molar-refractivity contribution in [1.29, 1.82) is 0 Å². The average Bonchev–Trinajstić information content (AvgIpc) is 2.64. The van der Waals surface area contributed by atoms with E-state index in [1.807, 2.05) is 20.8 Å². The molecule has 1 atom stereocenters. The lowest BCUT2D eigenvalue weighted by Gasteiger charge is -2.31. The van der Waals surface area contributed by atoms with Crippen LogP contribution in [0.3, 0.4) is 0 Å². The molecule has 0 aliphatic heterocycles. The van der Waals surface area contributed by atoms with Gasteiger partial charge in [0.2, 0.25) is 5.91 Å². The van der Waals surface area contributed by atoms with Crippen molar-refractivity contribution in [1.82, 2.24) is 10.2 Å². The van der Waals surface area contributed by atoms with Crippen LogP contribution in [0.25, 0.3) is 0 Å². The molecule has 2 aromatic carbocycles. The van der Waals surface area contributed by atoms with E-state index < -0.39 is 35.7 Å². The summed E-state index contributed by atoms with van der Waals surface area (Å²) in [5.41, 5.74) is 0.181. The van der Waals surface area contributed by atoms with Crippen LogP contribution in [-0.2, 0) is 16.1 Å². The normalized spacial score (nSPS) is 12.2. The number of carbonyl (C=O) groups is 2. The first-order chi connectivity index (χ1) is 13.6. The van der Waals surface area contributed by atoms with Gasteiger partial charge < -0.3 is 15.0 Å². The van der Waals surface area contributed by atoms with Gasteiger partial charge in [0, 0.05) is 12.1 Å². The van der Waals surface area contributed by atoms with Crippen molar-refractivity contribution >= 4 is 11.8 Å². The first-order valence-electron chi connectivity index (χ1n) is 9.30. The number of nitrogens with zero attached hydrogens (tertiary/aromatic N) is 1. The summed E-state index contributed by atoms with van der Waals surface area (Å²) in [6, 6.07) is 10.6. The maximum Gasteiger partial charge on any atom is 0.261 e. The number of carbonyl (C=O) groups excluding carboxylic acids is 2. The van der Waals surface area contributed by atoms with Gasteiger partial charge in [-0.3, -0.25) is 9.59 Å². The number of amides is 2. The lowest BCUT2D eigenvalue weighted by Crippen LogP contribution is -2.53. The van der Waals surface area contributed by atoms with Crippen LogP contribution in [0.1, 0.15) is 33.3 Å². The van der Waals surface area contributed by atoms with Gasteiger partial charge in [-0.15, -0.1) is 0 Å². The maximum atomic E-state index is 13.7. The zero-order valence-corrected chi connectivity index (χ0v) is 17.0. The van der Waals surface area contributed by atoms with Crippen LogP contribution in [0.2, 0.25) is 0 Å². The molecule has 0 aliphatic carbocycles. The Morgan fingerprint density at radius 3 is 2.28 bits per heavy atom. The summed E-state index contributed by atoms with van der Waals surface area (Å²) in [6.45, 7) is 6.76. The predicted molar refractivity (Wildman–Crippen MR) is 106 cm³/mol. The summed E-state index contributed by atoms with van der Waals surface area (Å²) < 4.78 is 32.3. The predicted octanol–water partition coefficient (Wildman–Crippen LogP) is 3.68. The molecule has 0 saturated carbocycles. The van der Waals surface area contributed by atoms with E-state index >= 15 is 0 Å². The Bertz CT molecular complexity index is 848. The molecule has 7 heteroatoms. The van der Waals surface area contributed by atoms with Gasteiger partial charge in [-0.25, -0.2) is 8.78 Å². The van der Waals surface area contributed by atoms with Gasteiger partial charge in [0.05, 0.1) is 0 Å². The third-order valence-electron chi connectivity index (χ3n) is 4.12. The lowest BCUT2D eigenvalue weighted by molar-refractivity contribution is -0.142. The molecule has 1 N–H and O–H groups in total. The van der Waals surface area contributed by atoms with Crippen molar-refractivity contribution in [3.05, 3.63) is 65.7 Å². The molecule has 5 nitrogen and oxygen atoms in total. The third-order valence-corrected chi connectivity index (χ3v) is 4.12. The van der Waals surface area contributed by atoms with Crippen LogP contribution in [0.5, 0.6) is 5.75 Å². The number of benzene rings is 2. The summed E-state index contributed by atoms with van der Waals surface area (Å²) in [5.74, 6) is -1.85. The van der Waals surface area contributed by atoms with Crippen LogP contribution in [-0.4, -0.2) is 34.9 Å². The van der Waals surface area contributed by atoms with Crippen LogP contribution in [0, 0.1) is 11.6 Å². The van der Waals surface area contributed by atoms with Gasteiger partial charge in [0.15, 0.2) is 18.2 Å². The van der Waals surface area contributed by atoms with Gasteiger partial charge >= 0.3 is 0 Å². The Labute approximate surface area is 169 Å². The molecule has 1 unspecified atom stereocenters. The van der Waals surface area contributed by atoms with Crippen LogP contribution < -0.4 is 10.1 Å². The highest BCUT2D eigenvalue weighted by atomic mass is 19.1. The second kappa shape index (κ2) is 9.49. The fraction of sp³-hybridized carbons (Fsp3) is 0.364. The molecular weight excluding hydrogens is 378 g/mol. The number of halogens is 2. The number of nitrogens with one attached hydrogen (secondary N) is 1. The number of rotatable bonds is 7. The fourth-order valence-corrected chi connectivity index (χ4v) is 2.63. The standard InChI is InChI=1S/C22H26F2N2O3/c1-15(21(28)25-22(2,3)4)26(13-16-9-11-17(23)12-10-16)20(27)14-29-19-8-6-5-7-18(19)24/h5-12,15H,13-14H2,1-4H3,(H,25,28). The molecule has 0 bridgehead atoms. The zero-order chi connectivity index (χ0) is 21.6. The van der Waals surface area contributed by atoms with Gasteiger partial charge in [0.25, 0.3) is 5.91 Å². The van der Waals surface area contributed by atoms with E-state index in [-0.39, 0.29) is 18.2 Å². The van der Waals surface area contributed by atoms with Crippen LogP contribution in [0.4, 0.5) is 8.78 Å². The quantitative estimate of drug-likeness (QED) is 0.766. The molecular formula is C22H26F2N2O3. The smallest absolute Gasteiger partial charge is 0.261 e. The monoisotopic (exact) mass is 404 g/mol. The molecule has 0 heterocycles. The van der Waals surface area contributed by atoms with Crippen molar-refractivity contribution < 1.29 is 23.1 Å². The van der Waals surface area contributed by atoms with E-state index in [2.05, 4.69) is 5.32 Å². The molecule has 0 radical (unpaired) electrons. The number of hydrogen-bond donors (Lipinski definition) is 1. The Balaban J connectivity index is 2.18. The van der Waals surface area contributed by atoms with Crippen LogP contribution >= 0.6 is 0 Å². The lowest BCUT2D eigenvalue weighted by atomic mass is 10.1. The minimum Gasteiger partial charge on any atom is -0.481 e. The Morgan fingerprint density at radius 2 is 1.69 bits per heavy atom. The highest BCUT2D eigenvalue weighted by Gasteiger charge is 2.28. The summed E-state index contributed by atoms with van der Waals surface area (Å²) in [7, 11) is 0. The summed E-state index contributed by atoms with van der Waals surface area (Å²) in [6.07, 6.45) is 0. The van der Waals surface area contributed by atoms with Gasteiger partial charge in [-0.1, -0.05) is 24.3 Å². The average molecular weight is 404 g/mol. The Kier molecular flexibility index (Phi) is 7.31. The Hall–Kier alpha value is -2.96. The highest BCUT2D eigenvalue weighted by Crippen LogP contribution is 2.17. The van der Waals surface area contributed by atoms with E-state index in [0.29, 0.717) is 5.56 Å². The maximum absolute atomic E-state index is 13.7. The van der Waals surface area contributed by atoms with Gasteiger partial charge in [-0.2, -0.15) is 0 Å². The Morgan fingerprint density at radius 1 is 1.07 bits per heavy atom. The largest absolute Gasteiger partial charge is 0.481 e. The molecule has 156 valence electrons. The van der Waals surface area contributed by atoms with E-state index in [0.717, 1.165) is 0 Å². The molecule has 0 saturated heterocycles. The summed E-state index contributed by atoms with van der Waals surface area (Å²) in [5, 5.41) is 2.84. The van der Waals surface area contributed by atoms with E-state index in [9.17, 15) is 18.4 Å². The van der Waals surface area contributed by atoms with Gasteiger partial charge in [0.1, 0.15) is 11.9 Å². The highest BCUT2D eigenvalue weighted by molar-refractivity contribution is 5.88. The van der Waals surface area contributed by atoms with E-state index in [1.165, 1.54) is 35.2 Å². The summed E-state index contributed by atoms with van der Waals surface area (Å²) >= 11 is 0. The third kappa shape index (κ3) is 6.85. The molecule has 2 aromatic rings. The van der Waals surface area contributed by atoms with E-state index in [4.69, 9.17) is 4.74 Å². The topological polar surface area (TPSA) is 58.6 Å². The molecule has 2 amide bonds. The van der Waals surface area contributed by atoms with Gasteiger partial charge in [-0.05, 0) is 57.5 Å². The number of hydrogen-bond acceptors (Lipinski definition) is 3. The van der Waals surface area contributed by atoms with Crippen LogP contribution in [0.15, 0.2) is 48.5 Å². The fourth-order valence-electron chi connectivity index (χ4n) is 2.63. The second-order valence-electron chi connectivity index (χ2n) is 7.78. The first kappa shape index (κ1) is 22.3. The molecule has 29 heavy (non-hydrogen) atoms. The SMILES string of the molecule is CC(C(=O)NC(C)(C)C)N(Cc1ccc(F)cc1)C(=O)COc1ccccc1F. The first-order valence-corrected chi connectivity index (χ1v) is 9.30. The molecule has 0 spiro atoms. The van der Waals surface area contributed by atoms with Crippen molar-refractivity contribution in [2.24, 2.45) is 0 Å². The minimum absolute atomic E-state index is 0.0469. The van der Waals surface area contributed by atoms with Crippen molar-refractivity contribution in [2.45, 2.75) is 45.8 Å². The number of para-hydroxylation sites is 1. The number of ether oxygens (including phenoxy) is 1. The van der Waals surface area contributed by atoms with E-state index in [1.54, 1.807) is 25.1 Å². The summed E-state index contributed by atoms with van der Waals surface area (Å²) in [4.78, 5) is 26.8.